The minimum atomic E-state index is -0.835. The Balaban J connectivity index is 1.48. The number of ether oxygens (including phenoxy) is 3. The lowest BCUT2D eigenvalue weighted by atomic mass is 10.0. The van der Waals surface area contributed by atoms with Crippen molar-refractivity contribution in [3.05, 3.63) is 113 Å². The van der Waals surface area contributed by atoms with E-state index in [9.17, 15) is 19.2 Å². The number of para-hydroxylation sites is 1. The number of rotatable bonds is 12. The van der Waals surface area contributed by atoms with Gasteiger partial charge < -0.3 is 24.4 Å². The Labute approximate surface area is 226 Å². The quantitative estimate of drug-likeness (QED) is 0.166. The predicted molar refractivity (Wildman–Crippen MR) is 141 cm³/mol. The fourth-order valence-corrected chi connectivity index (χ4v) is 4.13. The molecule has 0 aliphatic carbocycles. The van der Waals surface area contributed by atoms with Crippen molar-refractivity contribution in [1.29, 1.82) is 0 Å². The van der Waals surface area contributed by atoms with Gasteiger partial charge in [0.2, 0.25) is 0 Å². The highest BCUT2D eigenvalue weighted by molar-refractivity contribution is 6.01. The van der Waals surface area contributed by atoms with Gasteiger partial charge in [-0.25, -0.2) is 4.79 Å². The molecule has 1 aliphatic rings. The van der Waals surface area contributed by atoms with E-state index in [4.69, 9.17) is 14.2 Å². The summed E-state index contributed by atoms with van der Waals surface area (Å²) >= 11 is 0. The molecule has 3 aromatic rings. The molecule has 1 N–H and O–H groups in total. The summed E-state index contributed by atoms with van der Waals surface area (Å²) in [6.07, 6.45) is -0.739. The summed E-state index contributed by atoms with van der Waals surface area (Å²) in [5, 5.41) is 2.62. The maximum Gasteiger partial charge on any atom is 0.356 e. The molecule has 3 aromatic carbocycles. The molecule has 0 aromatic heterocycles. The van der Waals surface area contributed by atoms with Crippen LogP contribution in [0.2, 0.25) is 0 Å². The average Bonchev–Trinajstić information content (AvgIpc) is 2.98. The van der Waals surface area contributed by atoms with Crippen LogP contribution in [0.1, 0.15) is 24.2 Å². The van der Waals surface area contributed by atoms with E-state index in [1.54, 1.807) is 31.2 Å². The molecule has 1 saturated heterocycles. The van der Waals surface area contributed by atoms with Gasteiger partial charge in [0.15, 0.2) is 12.7 Å². The van der Waals surface area contributed by atoms with Crippen molar-refractivity contribution in [3.63, 3.8) is 0 Å². The van der Waals surface area contributed by atoms with Crippen LogP contribution < -0.4 is 10.1 Å². The van der Waals surface area contributed by atoms with E-state index in [2.05, 4.69) is 5.32 Å². The Morgan fingerprint density at radius 2 is 1.49 bits per heavy atom. The molecular formula is C30H28N2O7. The number of carbonyl (C=O) groups is 4. The van der Waals surface area contributed by atoms with Crippen LogP contribution in [0.4, 0.5) is 0 Å². The molecule has 0 radical (unpaired) electrons. The van der Waals surface area contributed by atoms with Crippen molar-refractivity contribution in [2.75, 3.05) is 19.8 Å². The molecule has 0 bridgehead atoms. The number of amides is 2. The first-order chi connectivity index (χ1) is 19.0. The van der Waals surface area contributed by atoms with Gasteiger partial charge in [0, 0.05) is 0 Å². The Bertz CT molecular complexity index is 1290. The second-order valence-electron chi connectivity index (χ2n) is 8.81. The standard InChI is InChI=1S/C30H28N2O7/c1-21(18-37-20-33)27(30(36)39-28(22-11-5-2-6-12-22)23-13-7-3-8-14-23)32-17-25(29(32)35)31-26(34)19-38-24-15-9-4-10-16-24/h2-16,20,25,28H,17-19H2,1H3,(H,31,34). The van der Waals surface area contributed by atoms with Gasteiger partial charge in [0.05, 0.1) is 6.54 Å². The summed E-state index contributed by atoms with van der Waals surface area (Å²) in [4.78, 5) is 51.0. The van der Waals surface area contributed by atoms with Crippen molar-refractivity contribution in [1.82, 2.24) is 10.2 Å². The molecule has 1 unspecified atom stereocenters. The first kappa shape index (κ1) is 27.1. The van der Waals surface area contributed by atoms with Crippen molar-refractivity contribution < 1.29 is 33.4 Å². The fourth-order valence-electron chi connectivity index (χ4n) is 4.13. The van der Waals surface area contributed by atoms with Crippen LogP contribution in [0, 0.1) is 0 Å². The van der Waals surface area contributed by atoms with Gasteiger partial charge in [0.1, 0.15) is 24.1 Å². The molecule has 0 saturated carbocycles. The van der Waals surface area contributed by atoms with Gasteiger partial charge in [-0.05, 0) is 35.8 Å². The van der Waals surface area contributed by atoms with E-state index in [-0.39, 0.29) is 31.9 Å². The number of β-lactam (4-membered cyclic amide) rings is 1. The number of carbonyl (C=O) groups excluding carboxylic acids is 4. The van der Waals surface area contributed by atoms with Crippen LogP contribution in [0.3, 0.4) is 0 Å². The summed E-state index contributed by atoms with van der Waals surface area (Å²) in [5.74, 6) is -1.19. The van der Waals surface area contributed by atoms with Gasteiger partial charge in [0.25, 0.3) is 18.3 Å². The third-order valence-corrected chi connectivity index (χ3v) is 6.04. The lowest BCUT2D eigenvalue weighted by Gasteiger charge is -2.40. The van der Waals surface area contributed by atoms with Gasteiger partial charge in [-0.15, -0.1) is 0 Å². The Morgan fingerprint density at radius 1 is 0.923 bits per heavy atom. The highest BCUT2D eigenvalue weighted by Crippen LogP contribution is 2.29. The minimum absolute atomic E-state index is 0.0373. The van der Waals surface area contributed by atoms with Crippen LogP contribution in [0.15, 0.2) is 102 Å². The zero-order valence-corrected chi connectivity index (χ0v) is 21.3. The maximum absolute atomic E-state index is 13.5. The first-order valence-corrected chi connectivity index (χ1v) is 12.3. The van der Waals surface area contributed by atoms with E-state index < -0.39 is 29.9 Å². The second kappa shape index (κ2) is 13.0. The molecule has 9 heteroatoms. The highest BCUT2D eigenvalue weighted by atomic mass is 16.5. The lowest BCUT2D eigenvalue weighted by molar-refractivity contribution is -0.153. The van der Waals surface area contributed by atoms with Crippen LogP contribution >= 0.6 is 0 Å². The van der Waals surface area contributed by atoms with Crippen molar-refractivity contribution >= 4 is 24.3 Å². The number of nitrogens with one attached hydrogen (secondary N) is 1. The van der Waals surface area contributed by atoms with E-state index in [0.717, 1.165) is 11.1 Å². The van der Waals surface area contributed by atoms with E-state index >= 15 is 0 Å². The topological polar surface area (TPSA) is 111 Å². The molecule has 4 rings (SSSR count). The summed E-state index contributed by atoms with van der Waals surface area (Å²) < 4.78 is 16.2. The third kappa shape index (κ3) is 6.89. The molecular weight excluding hydrogens is 500 g/mol. The van der Waals surface area contributed by atoms with Crippen molar-refractivity contribution in [2.24, 2.45) is 0 Å². The largest absolute Gasteiger partial charge is 0.484 e. The van der Waals surface area contributed by atoms with E-state index in [0.29, 0.717) is 11.3 Å². The number of benzene rings is 3. The van der Waals surface area contributed by atoms with Gasteiger partial charge in [-0.2, -0.15) is 0 Å². The molecule has 2 amide bonds. The molecule has 0 spiro atoms. The lowest BCUT2D eigenvalue weighted by Crippen LogP contribution is -2.64. The minimum Gasteiger partial charge on any atom is -0.484 e. The van der Waals surface area contributed by atoms with Gasteiger partial charge >= 0.3 is 5.97 Å². The van der Waals surface area contributed by atoms with Crippen molar-refractivity contribution in [3.8, 4) is 5.75 Å². The number of nitrogens with zero attached hydrogens (tertiary/aromatic N) is 1. The number of esters is 1. The maximum atomic E-state index is 13.5. The second-order valence-corrected chi connectivity index (χ2v) is 8.81. The van der Waals surface area contributed by atoms with E-state index in [1.807, 2.05) is 66.7 Å². The summed E-state index contributed by atoms with van der Waals surface area (Å²) in [7, 11) is 0. The molecule has 200 valence electrons. The predicted octanol–water partition coefficient (Wildman–Crippen LogP) is 3.17. The third-order valence-electron chi connectivity index (χ3n) is 6.04. The monoisotopic (exact) mass is 528 g/mol. The fraction of sp³-hybridized carbons (Fsp3) is 0.200. The van der Waals surface area contributed by atoms with Crippen LogP contribution in [-0.2, 0) is 28.7 Å². The van der Waals surface area contributed by atoms with Crippen LogP contribution in [0.5, 0.6) is 5.75 Å². The Kier molecular flexibility index (Phi) is 9.07. The Hall–Kier alpha value is -4.92. The van der Waals surface area contributed by atoms with Gasteiger partial charge in [-0.1, -0.05) is 78.9 Å². The number of likely N-dealkylation sites (tertiary alicyclic amines) is 1. The smallest absolute Gasteiger partial charge is 0.356 e. The normalized spacial score (nSPS) is 15.1. The SMILES string of the molecule is CC(COC=O)=C(C(=O)OC(c1ccccc1)c1ccccc1)N1CC(NC(=O)COc2ccccc2)C1=O. The first-order valence-electron chi connectivity index (χ1n) is 12.3. The van der Waals surface area contributed by atoms with Crippen molar-refractivity contribution in [2.45, 2.75) is 19.1 Å². The van der Waals surface area contributed by atoms with E-state index in [1.165, 1.54) is 4.90 Å². The number of hydrogen-bond donors (Lipinski definition) is 1. The highest BCUT2D eigenvalue weighted by Gasteiger charge is 2.43. The molecule has 1 heterocycles. The molecule has 1 fully saturated rings. The molecule has 1 aliphatic heterocycles. The summed E-state index contributed by atoms with van der Waals surface area (Å²) in [6.45, 7) is 1.41. The van der Waals surface area contributed by atoms with Crippen LogP contribution in [-0.4, -0.2) is 55.0 Å². The Morgan fingerprint density at radius 3 is 2.03 bits per heavy atom. The summed E-state index contributed by atoms with van der Waals surface area (Å²) in [6, 6.07) is 26.4. The zero-order valence-electron chi connectivity index (χ0n) is 21.3. The summed E-state index contributed by atoms with van der Waals surface area (Å²) in [5.41, 5.74) is 1.79. The van der Waals surface area contributed by atoms with Crippen LogP contribution in [0.25, 0.3) is 0 Å². The van der Waals surface area contributed by atoms with Gasteiger partial charge in [-0.3, -0.25) is 14.4 Å². The average molecular weight is 529 g/mol. The number of hydrogen-bond acceptors (Lipinski definition) is 7. The molecule has 1 atom stereocenters. The zero-order chi connectivity index (χ0) is 27.6. The molecule has 9 nitrogen and oxygen atoms in total. The molecule has 39 heavy (non-hydrogen) atoms.